The Morgan fingerprint density at radius 1 is 1.06 bits per heavy atom. The molecule has 4 rings (SSSR count). The maximum Gasteiger partial charge on any atom is 0.337 e. The monoisotopic (exact) mass is 415 g/mol. The molecule has 6 heteroatoms. The molecule has 0 spiro atoms. The van der Waals surface area contributed by atoms with E-state index >= 15 is 0 Å². The Labute approximate surface area is 181 Å². The molecule has 6 nitrogen and oxygen atoms in total. The molecule has 0 unspecified atom stereocenters. The predicted molar refractivity (Wildman–Crippen MR) is 122 cm³/mol. The number of aromatic carboxylic acids is 1. The molecular weight excluding hydrogens is 390 g/mol. The van der Waals surface area contributed by atoms with Gasteiger partial charge in [0, 0.05) is 6.54 Å². The van der Waals surface area contributed by atoms with Crippen molar-refractivity contribution in [1.29, 1.82) is 0 Å². The first-order valence-corrected chi connectivity index (χ1v) is 10.3. The van der Waals surface area contributed by atoms with Gasteiger partial charge in [0.2, 0.25) is 0 Å². The number of nitrogens with one attached hydrogen (secondary N) is 1. The van der Waals surface area contributed by atoms with Crippen molar-refractivity contribution >= 4 is 17.0 Å². The molecule has 0 amide bonds. The molecule has 0 aliphatic heterocycles. The number of rotatable bonds is 8. The standard InChI is InChI=1S/C25H25N3O3/c1-3-31-25-27-22-10-6-9-21(24(29)30)23(22)28(25)16-17-11-13-18(14-12-17)20-8-5-4-7-19(20)15-26-2/h4-14,26H,3,15-16H2,1-2H3,(H,29,30). The second-order valence-corrected chi connectivity index (χ2v) is 7.28. The zero-order valence-electron chi connectivity index (χ0n) is 17.6. The van der Waals surface area contributed by atoms with Crippen LogP contribution in [0.2, 0.25) is 0 Å². The van der Waals surface area contributed by atoms with Crippen LogP contribution < -0.4 is 10.1 Å². The lowest BCUT2D eigenvalue weighted by Gasteiger charge is -2.12. The lowest BCUT2D eigenvalue weighted by atomic mass is 9.98. The third-order valence-corrected chi connectivity index (χ3v) is 5.23. The van der Waals surface area contributed by atoms with Crippen LogP contribution in [0.15, 0.2) is 66.7 Å². The van der Waals surface area contributed by atoms with Crippen LogP contribution in [0.5, 0.6) is 6.01 Å². The molecule has 3 aromatic carbocycles. The molecule has 0 saturated carbocycles. The Balaban J connectivity index is 1.72. The van der Waals surface area contributed by atoms with E-state index in [9.17, 15) is 9.90 Å². The average Bonchev–Trinajstić information content (AvgIpc) is 3.12. The largest absolute Gasteiger partial charge is 0.478 e. The van der Waals surface area contributed by atoms with Gasteiger partial charge in [-0.25, -0.2) is 4.79 Å². The van der Waals surface area contributed by atoms with Crippen molar-refractivity contribution in [2.45, 2.75) is 20.0 Å². The first kappa shape index (κ1) is 20.6. The van der Waals surface area contributed by atoms with Gasteiger partial charge in [0.1, 0.15) is 0 Å². The minimum Gasteiger partial charge on any atom is -0.478 e. The lowest BCUT2D eigenvalue weighted by Crippen LogP contribution is -2.08. The number of hydrogen-bond acceptors (Lipinski definition) is 4. The van der Waals surface area contributed by atoms with Gasteiger partial charge in [0.05, 0.1) is 29.7 Å². The fourth-order valence-electron chi connectivity index (χ4n) is 3.84. The topological polar surface area (TPSA) is 76.4 Å². The second kappa shape index (κ2) is 9.02. The number of nitrogens with zero attached hydrogens (tertiary/aromatic N) is 2. The molecule has 0 bridgehead atoms. The SMILES string of the molecule is CCOc1nc2cccc(C(=O)O)c2n1Cc1ccc(-c2ccccc2CNC)cc1. The Hall–Kier alpha value is -3.64. The van der Waals surface area contributed by atoms with Crippen LogP contribution in [0.3, 0.4) is 0 Å². The van der Waals surface area contributed by atoms with Crippen LogP contribution in [-0.2, 0) is 13.1 Å². The van der Waals surface area contributed by atoms with Crippen molar-refractivity contribution in [3.05, 3.63) is 83.4 Å². The molecule has 1 aromatic heterocycles. The van der Waals surface area contributed by atoms with E-state index in [0.717, 1.165) is 17.7 Å². The van der Waals surface area contributed by atoms with Crippen LogP contribution in [-0.4, -0.2) is 34.3 Å². The van der Waals surface area contributed by atoms with Crippen LogP contribution in [0, 0.1) is 0 Å². The highest BCUT2D eigenvalue weighted by atomic mass is 16.5. The predicted octanol–water partition coefficient (Wildman–Crippen LogP) is 4.57. The van der Waals surface area contributed by atoms with E-state index in [0.29, 0.717) is 30.2 Å². The molecule has 0 aliphatic carbocycles. The van der Waals surface area contributed by atoms with Crippen LogP contribution in [0.25, 0.3) is 22.2 Å². The zero-order valence-corrected chi connectivity index (χ0v) is 17.6. The maximum absolute atomic E-state index is 11.8. The molecule has 1 heterocycles. The van der Waals surface area contributed by atoms with Crippen molar-refractivity contribution in [1.82, 2.24) is 14.9 Å². The molecule has 0 radical (unpaired) electrons. The third kappa shape index (κ3) is 4.15. The summed E-state index contributed by atoms with van der Waals surface area (Å²) in [6, 6.07) is 22.2. The normalized spacial score (nSPS) is 11.0. The number of carboxylic acid groups (broad SMARTS) is 1. The van der Waals surface area contributed by atoms with E-state index in [4.69, 9.17) is 4.74 Å². The molecule has 158 valence electrons. The van der Waals surface area contributed by atoms with E-state index < -0.39 is 5.97 Å². The van der Waals surface area contributed by atoms with E-state index in [1.807, 2.05) is 36.7 Å². The average molecular weight is 415 g/mol. The second-order valence-electron chi connectivity index (χ2n) is 7.28. The quantitative estimate of drug-likeness (QED) is 0.441. The lowest BCUT2D eigenvalue weighted by molar-refractivity contribution is 0.0698. The van der Waals surface area contributed by atoms with Crippen LogP contribution in [0.4, 0.5) is 0 Å². The number of carboxylic acids is 1. The minimum atomic E-state index is -0.980. The Morgan fingerprint density at radius 3 is 2.55 bits per heavy atom. The van der Waals surface area contributed by atoms with Gasteiger partial charge in [-0.3, -0.25) is 4.57 Å². The summed E-state index contributed by atoms with van der Waals surface area (Å²) < 4.78 is 7.56. The minimum absolute atomic E-state index is 0.216. The van der Waals surface area contributed by atoms with Crippen molar-refractivity contribution in [2.24, 2.45) is 0 Å². The van der Waals surface area contributed by atoms with Crippen LogP contribution in [0.1, 0.15) is 28.4 Å². The van der Waals surface area contributed by atoms with Gasteiger partial charge < -0.3 is 15.2 Å². The summed E-state index contributed by atoms with van der Waals surface area (Å²) >= 11 is 0. The van der Waals surface area contributed by atoms with E-state index in [1.54, 1.807) is 12.1 Å². The number of aromatic nitrogens is 2. The van der Waals surface area contributed by atoms with Gasteiger partial charge in [0.25, 0.3) is 6.01 Å². The zero-order chi connectivity index (χ0) is 21.8. The smallest absolute Gasteiger partial charge is 0.337 e. The molecule has 0 saturated heterocycles. The third-order valence-electron chi connectivity index (χ3n) is 5.23. The number of ether oxygens (including phenoxy) is 1. The van der Waals surface area contributed by atoms with E-state index in [2.05, 4.69) is 46.7 Å². The molecule has 0 fully saturated rings. The molecule has 31 heavy (non-hydrogen) atoms. The number of imidazole rings is 1. The molecule has 0 atom stereocenters. The number of hydrogen-bond donors (Lipinski definition) is 2. The summed E-state index contributed by atoms with van der Waals surface area (Å²) in [7, 11) is 1.94. The summed E-state index contributed by atoms with van der Waals surface area (Å²) in [6.07, 6.45) is 0. The molecule has 4 aromatic rings. The molecular formula is C25H25N3O3. The maximum atomic E-state index is 11.8. The summed E-state index contributed by atoms with van der Waals surface area (Å²) in [5.41, 5.74) is 6.01. The van der Waals surface area contributed by atoms with Gasteiger partial charge >= 0.3 is 5.97 Å². The Morgan fingerprint density at radius 2 is 1.84 bits per heavy atom. The van der Waals surface area contributed by atoms with Gasteiger partial charge in [-0.05, 0) is 48.4 Å². The first-order valence-electron chi connectivity index (χ1n) is 10.3. The molecule has 2 N–H and O–H groups in total. The highest BCUT2D eigenvalue weighted by Gasteiger charge is 2.18. The van der Waals surface area contributed by atoms with Crippen molar-refractivity contribution in [3.8, 4) is 17.1 Å². The van der Waals surface area contributed by atoms with Crippen LogP contribution >= 0.6 is 0 Å². The number of para-hydroxylation sites is 1. The van der Waals surface area contributed by atoms with Crippen molar-refractivity contribution in [3.63, 3.8) is 0 Å². The summed E-state index contributed by atoms with van der Waals surface area (Å²) in [5, 5.41) is 12.9. The summed E-state index contributed by atoms with van der Waals surface area (Å²) in [5.74, 6) is -0.980. The van der Waals surface area contributed by atoms with Gasteiger partial charge in [-0.15, -0.1) is 0 Å². The summed E-state index contributed by atoms with van der Waals surface area (Å²) in [6.45, 7) is 3.61. The van der Waals surface area contributed by atoms with E-state index in [1.165, 1.54) is 11.1 Å². The first-order chi connectivity index (χ1) is 15.1. The number of carbonyl (C=O) groups is 1. The highest BCUT2D eigenvalue weighted by Crippen LogP contribution is 2.28. The van der Waals surface area contributed by atoms with Gasteiger partial charge in [-0.2, -0.15) is 4.98 Å². The Kier molecular flexibility index (Phi) is 6.00. The highest BCUT2D eigenvalue weighted by molar-refractivity contribution is 6.01. The summed E-state index contributed by atoms with van der Waals surface area (Å²) in [4.78, 5) is 16.3. The number of benzene rings is 3. The molecule has 0 aliphatic rings. The fourth-order valence-corrected chi connectivity index (χ4v) is 3.84. The van der Waals surface area contributed by atoms with E-state index in [-0.39, 0.29) is 5.56 Å². The number of fused-ring (bicyclic) bond motifs is 1. The fraction of sp³-hybridized carbons (Fsp3) is 0.200. The Bertz CT molecular complexity index is 1210. The van der Waals surface area contributed by atoms with Crippen molar-refractivity contribution < 1.29 is 14.6 Å². The van der Waals surface area contributed by atoms with Crippen molar-refractivity contribution in [2.75, 3.05) is 13.7 Å². The van der Waals surface area contributed by atoms with Gasteiger partial charge in [0.15, 0.2) is 0 Å². The van der Waals surface area contributed by atoms with Gasteiger partial charge in [-0.1, -0.05) is 54.6 Å².